The number of H-pyrrole nitrogens is 1. The van der Waals surface area contributed by atoms with E-state index in [9.17, 15) is 9.59 Å². The zero-order valence-corrected chi connectivity index (χ0v) is 11.0. The second-order valence-corrected chi connectivity index (χ2v) is 4.64. The smallest absolute Gasteiger partial charge is 0.326 e. The number of carboxylic acid groups (broad SMARTS) is 1. The summed E-state index contributed by atoms with van der Waals surface area (Å²) in [5.74, 6) is -1.11. The number of nitrogens with one attached hydrogen (secondary N) is 3. The SMILES string of the molecule is C=C(Br)CNC(=O)N[C@@H](Cc1cnc[nH]1)C(=O)O. The van der Waals surface area contributed by atoms with Crippen LogP contribution in [0.4, 0.5) is 4.79 Å². The molecule has 0 bridgehead atoms. The van der Waals surface area contributed by atoms with Crippen LogP contribution in [0.3, 0.4) is 0 Å². The summed E-state index contributed by atoms with van der Waals surface area (Å²) in [6.07, 6.45) is 3.09. The summed E-state index contributed by atoms with van der Waals surface area (Å²) in [6.45, 7) is 3.77. The first-order chi connectivity index (χ1) is 8.49. The van der Waals surface area contributed by atoms with Gasteiger partial charge < -0.3 is 20.7 Å². The molecule has 0 saturated carbocycles. The molecule has 7 nitrogen and oxygen atoms in total. The third-order valence-corrected chi connectivity index (χ3v) is 2.30. The van der Waals surface area contributed by atoms with Gasteiger partial charge in [-0.1, -0.05) is 22.5 Å². The van der Waals surface area contributed by atoms with Crippen LogP contribution in [0.1, 0.15) is 5.69 Å². The van der Waals surface area contributed by atoms with Crippen molar-refractivity contribution in [2.24, 2.45) is 0 Å². The Kier molecular flexibility index (Phi) is 5.37. The molecule has 98 valence electrons. The average Bonchev–Trinajstić information content (AvgIpc) is 2.78. The van der Waals surface area contributed by atoms with Crippen LogP contribution in [0, 0.1) is 0 Å². The Morgan fingerprint density at radius 3 is 2.83 bits per heavy atom. The molecule has 0 unspecified atom stereocenters. The van der Waals surface area contributed by atoms with Crippen molar-refractivity contribution < 1.29 is 14.7 Å². The van der Waals surface area contributed by atoms with E-state index in [1.54, 1.807) is 0 Å². The molecule has 1 atom stereocenters. The van der Waals surface area contributed by atoms with E-state index in [1.165, 1.54) is 12.5 Å². The van der Waals surface area contributed by atoms with Crippen LogP contribution < -0.4 is 10.6 Å². The summed E-state index contributed by atoms with van der Waals surface area (Å²) in [5, 5.41) is 13.8. The van der Waals surface area contributed by atoms with Crippen molar-refractivity contribution in [3.8, 4) is 0 Å². The number of hydrogen-bond acceptors (Lipinski definition) is 3. The molecule has 0 aliphatic carbocycles. The van der Waals surface area contributed by atoms with Gasteiger partial charge in [-0.05, 0) is 0 Å². The number of rotatable bonds is 6. The van der Waals surface area contributed by atoms with Gasteiger partial charge in [0.1, 0.15) is 6.04 Å². The van der Waals surface area contributed by atoms with Gasteiger partial charge in [0.05, 0.1) is 12.9 Å². The summed E-state index contributed by atoms with van der Waals surface area (Å²) in [6, 6.07) is -1.59. The second kappa shape index (κ2) is 6.80. The van der Waals surface area contributed by atoms with Gasteiger partial charge in [0, 0.05) is 22.8 Å². The van der Waals surface area contributed by atoms with Crippen LogP contribution in [0.5, 0.6) is 0 Å². The second-order valence-electron chi connectivity index (χ2n) is 3.52. The maximum Gasteiger partial charge on any atom is 0.326 e. The number of aliphatic carboxylic acids is 1. The van der Waals surface area contributed by atoms with Gasteiger partial charge in [0.2, 0.25) is 0 Å². The van der Waals surface area contributed by atoms with Gasteiger partial charge in [-0.15, -0.1) is 0 Å². The Morgan fingerprint density at radius 2 is 2.33 bits per heavy atom. The van der Waals surface area contributed by atoms with E-state index in [-0.39, 0.29) is 13.0 Å². The van der Waals surface area contributed by atoms with E-state index in [0.717, 1.165) is 0 Å². The number of halogens is 1. The molecule has 0 aliphatic heterocycles. The van der Waals surface area contributed by atoms with Gasteiger partial charge in [0.25, 0.3) is 0 Å². The summed E-state index contributed by atoms with van der Waals surface area (Å²) in [4.78, 5) is 29.0. The first kappa shape index (κ1) is 14.2. The Hall–Kier alpha value is -1.83. The average molecular weight is 317 g/mol. The number of carboxylic acids is 1. The standard InChI is InChI=1S/C10H13BrN4O3/c1-6(11)3-13-10(18)15-8(9(16)17)2-7-4-12-5-14-7/h4-5,8H,1-3H2,(H,12,14)(H,16,17)(H2,13,15,18)/t8-/m0/s1. The fourth-order valence-corrected chi connectivity index (χ4v) is 1.34. The number of imidazole rings is 1. The Balaban J connectivity index is 2.50. The molecule has 0 radical (unpaired) electrons. The van der Waals surface area contributed by atoms with Crippen molar-refractivity contribution in [3.05, 3.63) is 29.3 Å². The summed E-state index contributed by atoms with van der Waals surface area (Å²) in [7, 11) is 0. The van der Waals surface area contributed by atoms with Gasteiger partial charge in [-0.25, -0.2) is 14.6 Å². The predicted molar refractivity (Wildman–Crippen MR) is 68.3 cm³/mol. The van der Waals surface area contributed by atoms with Gasteiger partial charge in [0.15, 0.2) is 0 Å². The van der Waals surface area contributed by atoms with Crippen LogP contribution in [0.25, 0.3) is 0 Å². The van der Waals surface area contributed by atoms with Gasteiger partial charge in [-0.3, -0.25) is 0 Å². The van der Waals surface area contributed by atoms with Crippen molar-refractivity contribution in [2.75, 3.05) is 6.54 Å². The Labute approximate surface area is 112 Å². The van der Waals surface area contributed by atoms with E-state index in [2.05, 4.69) is 43.1 Å². The Morgan fingerprint density at radius 1 is 1.61 bits per heavy atom. The minimum Gasteiger partial charge on any atom is -0.480 e. The molecule has 0 aromatic carbocycles. The van der Waals surface area contributed by atoms with E-state index in [4.69, 9.17) is 5.11 Å². The molecule has 1 aromatic heterocycles. The van der Waals surface area contributed by atoms with Crippen LogP contribution in [0.2, 0.25) is 0 Å². The van der Waals surface area contributed by atoms with E-state index < -0.39 is 18.0 Å². The van der Waals surface area contributed by atoms with E-state index in [0.29, 0.717) is 10.2 Å². The maximum atomic E-state index is 11.4. The van der Waals surface area contributed by atoms with Gasteiger partial charge in [-0.2, -0.15) is 0 Å². The van der Waals surface area contributed by atoms with E-state index >= 15 is 0 Å². The lowest BCUT2D eigenvalue weighted by atomic mass is 10.2. The third kappa shape index (κ3) is 5.00. The molecule has 1 rings (SSSR count). The van der Waals surface area contributed by atoms with Crippen molar-refractivity contribution in [1.82, 2.24) is 20.6 Å². The number of carbonyl (C=O) groups is 2. The zero-order valence-electron chi connectivity index (χ0n) is 9.44. The molecule has 18 heavy (non-hydrogen) atoms. The number of carbonyl (C=O) groups excluding carboxylic acids is 1. The van der Waals surface area contributed by atoms with Crippen molar-refractivity contribution in [2.45, 2.75) is 12.5 Å². The Bertz CT molecular complexity index is 432. The topological polar surface area (TPSA) is 107 Å². The van der Waals surface area contributed by atoms with Crippen LogP contribution >= 0.6 is 15.9 Å². The molecule has 0 aliphatic rings. The van der Waals surface area contributed by atoms with Crippen LogP contribution in [0.15, 0.2) is 23.6 Å². The fourth-order valence-electron chi connectivity index (χ4n) is 1.20. The molecule has 1 heterocycles. The predicted octanol–water partition coefficient (Wildman–Crippen LogP) is 0.613. The highest BCUT2D eigenvalue weighted by Gasteiger charge is 2.20. The number of urea groups is 1. The maximum absolute atomic E-state index is 11.4. The number of amides is 2. The molecular formula is C10H13BrN4O3. The molecule has 0 saturated heterocycles. The monoisotopic (exact) mass is 316 g/mol. The highest BCUT2D eigenvalue weighted by atomic mass is 79.9. The quantitative estimate of drug-likeness (QED) is 0.617. The molecule has 0 spiro atoms. The van der Waals surface area contributed by atoms with Gasteiger partial charge >= 0.3 is 12.0 Å². The summed E-state index contributed by atoms with van der Waals surface area (Å²) >= 11 is 3.08. The van der Waals surface area contributed by atoms with E-state index in [1.807, 2.05) is 0 Å². The fraction of sp³-hybridized carbons (Fsp3) is 0.300. The number of hydrogen-bond donors (Lipinski definition) is 4. The zero-order chi connectivity index (χ0) is 13.5. The molecular weight excluding hydrogens is 304 g/mol. The minimum atomic E-state index is -1.11. The number of nitrogens with zero attached hydrogens (tertiary/aromatic N) is 1. The molecule has 2 amide bonds. The normalized spacial score (nSPS) is 11.6. The molecule has 1 aromatic rings. The first-order valence-electron chi connectivity index (χ1n) is 5.06. The van der Waals surface area contributed by atoms with Crippen molar-refractivity contribution in [1.29, 1.82) is 0 Å². The number of aromatic amines is 1. The largest absolute Gasteiger partial charge is 0.480 e. The molecule has 8 heteroatoms. The number of aromatic nitrogens is 2. The summed E-state index contributed by atoms with van der Waals surface area (Å²) < 4.78 is 0.595. The lowest BCUT2D eigenvalue weighted by Gasteiger charge is -2.14. The lowest BCUT2D eigenvalue weighted by Crippen LogP contribution is -2.47. The van der Waals surface area contributed by atoms with Crippen LogP contribution in [-0.4, -0.2) is 39.7 Å². The van der Waals surface area contributed by atoms with Crippen molar-refractivity contribution in [3.63, 3.8) is 0 Å². The summed E-state index contributed by atoms with van der Waals surface area (Å²) in [5.41, 5.74) is 0.632. The highest BCUT2D eigenvalue weighted by Crippen LogP contribution is 1.99. The lowest BCUT2D eigenvalue weighted by molar-refractivity contribution is -0.139. The van der Waals surface area contributed by atoms with Crippen LogP contribution in [-0.2, 0) is 11.2 Å². The molecule has 0 fully saturated rings. The minimum absolute atomic E-state index is 0.137. The third-order valence-electron chi connectivity index (χ3n) is 2.02. The first-order valence-corrected chi connectivity index (χ1v) is 5.86. The highest BCUT2D eigenvalue weighted by molar-refractivity contribution is 9.11. The van der Waals surface area contributed by atoms with Crippen molar-refractivity contribution >= 4 is 27.9 Å². The molecule has 4 N–H and O–H groups in total.